The van der Waals surface area contributed by atoms with Gasteiger partial charge in [0, 0.05) is 37.1 Å². The van der Waals surface area contributed by atoms with Crippen LogP contribution >= 0.6 is 0 Å². The van der Waals surface area contributed by atoms with E-state index in [1.807, 2.05) is 4.90 Å². The minimum atomic E-state index is -0.824. The maximum atomic E-state index is 14.0. The van der Waals surface area contributed by atoms with Gasteiger partial charge >= 0.3 is 0 Å². The average molecular weight is 348 g/mol. The second kappa shape index (κ2) is 6.35. The minimum Gasteiger partial charge on any atom is -0.341 e. The van der Waals surface area contributed by atoms with E-state index in [1.54, 1.807) is 6.07 Å². The van der Waals surface area contributed by atoms with Crippen LogP contribution in [0.1, 0.15) is 51.0 Å². The summed E-state index contributed by atoms with van der Waals surface area (Å²) >= 11 is 0. The third-order valence-electron chi connectivity index (χ3n) is 6.24. The lowest BCUT2D eigenvalue weighted by molar-refractivity contribution is -0.133. The van der Waals surface area contributed by atoms with Crippen molar-refractivity contribution in [3.8, 4) is 0 Å². The summed E-state index contributed by atoms with van der Waals surface area (Å²) in [6.45, 7) is 6.03. The fraction of sp³-hybridized carbons (Fsp3) is 0.650. The van der Waals surface area contributed by atoms with Crippen molar-refractivity contribution in [2.24, 2.45) is 5.92 Å². The van der Waals surface area contributed by atoms with Crippen LogP contribution in [-0.4, -0.2) is 46.9 Å². The number of fused-ring (bicyclic) bond motifs is 2. The van der Waals surface area contributed by atoms with Crippen molar-refractivity contribution in [3.63, 3.8) is 0 Å². The van der Waals surface area contributed by atoms with E-state index in [9.17, 15) is 13.6 Å². The number of nitrogens with zero attached hydrogens (tertiary/aromatic N) is 2. The third-order valence-corrected chi connectivity index (χ3v) is 6.24. The smallest absolute Gasteiger partial charge is 0.226 e. The largest absolute Gasteiger partial charge is 0.341 e. The molecule has 3 nitrogen and oxygen atoms in total. The molecule has 0 N–H and O–H groups in total. The van der Waals surface area contributed by atoms with Crippen LogP contribution in [0.5, 0.6) is 0 Å². The van der Waals surface area contributed by atoms with Gasteiger partial charge in [-0.2, -0.15) is 0 Å². The topological polar surface area (TPSA) is 23.6 Å². The van der Waals surface area contributed by atoms with Crippen LogP contribution < -0.4 is 0 Å². The van der Waals surface area contributed by atoms with Crippen LogP contribution in [0.2, 0.25) is 0 Å². The second-order valence-corrected chi connectivity index (χ2v) is 8.09. The molecule has 136 valence electrons. The van der Waals surface area contributed by atoms with E-state index < -0.39 is 11.6 Å². The minimum absolute atomic E-state index is 0.130. The summed E-state index contributed by atoms with van der Waals surface area (Å²) in [4.78, 5) is 17.5. The van der Waals surface area contributed by atoms with Gasteiger partial charge < -0.3 is 4.90 Å². The number of benzene rings is 1. The molecule has 5 heteroatoms. The molecule has 25 heavy (non-hydrogen) atoms. The Labute approximate surface area is 148 Å². The Bertz CT molecular complexity index is 678. The molecule has 3 fully saturated rings. The molecule has 2 aliphatic heterocycles. The molecule has 0 aromatic heterocycles. The molecule has 3 aliphatic rings. The van der Waals surface area contributed by atoms with E-state index in [0.29, 0.717) is 30.1 Å². The van der Waals surface area contributed by atoms with Crippen LogP contribution in [0.15, 0.2) is 18.2 Å². The quantitative estimate of drug-likeness (QED) is 0.834. The summed E-state index contributed by atoms with van der Waals surface area (Å²) in [6.07, 6.45) is 4.04. The summed E-state index contributed by atoms with van der Waals surface area (Å²) in [5.74, 6) is -1.82. The highest BCUT2D eigenvalue weighted by molar-refractivity contribution is 5.83. The summed E-state index contributed by atoms with van der Waals surface area (Å²) in [5.41, 5.74) is 0.360. The molecule has 4 atom stereocenters. The van der Waals surface area contributed by atoms with Crippen molar-refractivity contribution in [1.29, 1.82) is 0 Å². The third kappa shape index (κ3) is 2.97. The van der Waals surface area contributed by atoms with Crippen LogP contribution in [0, 0.1) is 17.6 Å². The first-order valence-corrected chi connectivity index (χ1v) is 9.47. The van der Waals surface area contributed by atoms with Crippen LogP contribution in [0.25, 0.3) is 0 Å². The normalized spacial score (nSPS) is 32.1. The number of carbonyl (C=O) groups is 1. The predicted octanol–water partition coefficient (Wildman–Crippen LogP) is 3.54. The van der Waals surface area contributed by atoms with Crippen LogP contribution in [0.3, 0.4) is 0 Å². The highest BCUT2D eigenvalue weighted by atomic mass is 19.2. The van der Waals surface area contributed by atoms with Crippen LogP contribution in [0.4, 0.5) is 8.78 Å². The van der Waals surface area contributed by atoms with Crippen molar-refractivity contribution >= 4 is 5.91 Å². The maximum absolute atomic E-state index is 14.0. The van der Waals surface area contributed by atoms with E-state index in [1.165, 1.54) is 12.5 Å². The number of hydrogen-bond acceptors (Lipinski definition) is 2. The average Bonchev–Trinajstić information content (AvgIpc) is 3.28. The van der Waals surface area contributed by atoms with Gasteiger partial charge in [-0.15, -0.1) is 0 Å². The predicted molar refractivity (Wildman–Crippen MR) is 92.2 cm³/mol. The summed E-state index contributed by atoms with van der Waals surface area (Å²) in [5, 5.41) is 0. The highest BCUT2D eigenvalue weighted by Crippen LogP contribution is 2.50. The SMILES string of the molecule is CC(C)N1[C@H]2CC[C@H]1CN(C(=O)[C@@H]1C[C@@H]1c1cccc(F)c1F)CC2. The van der Waals surface area contributed by atoms with Crippen molar-refractivity contribution in [1.82, 2.24) is 9.80 Å². The van der Waals surface area contributed by atoms with Gasteiger partial charge in [0.2, 0.25) is 5.91 Å². The van der Waals surface area contributed by atoms with Gasteiger partial charge in [-0.1, -0.05) is 12.1 Å². The van der Waals surface area contributed by atoms with Gasteiger partial charge in [-0.05, 0) is 57.1 Å². The molecule has 4 rings (SSSR count). The summed E-state index contributed by atoms with van der Waals surface area (Å²) in [6, 6.07) is 5.80. The molecule has 1 aromatic carbocycles. The maximum Gasteiger partial charge on any atom is 0.226 e. The first kappa shape index (κ1) is 17.0. The van der Waals surface area contributed by atoms with E-state index in [-0.39, 0.29) is 17.7 Å². The lowest BCUT2D eigenvalue weighted by Crippen LogP contribution is -2.44. The molecule has 0 spiro atoms. The zero-order valence-electron chi connectivity index (χ0n) is 14.9. The van der Waals surface area contributed by atoms with Crippen LogP contribution in [-0.2, 0) is 4.79 Å². The molecule has 0 radical (unpaired) electrons. The number of amides is 1. The molecule has 2 heterocycles. The van der Waals surface area contributed by atoms with E-state index in [2.05, 4.69) is 18.7 Å². The van der Waals surface area contributed by atoms with Crippen molar-refractivity contribution in [2.45, 2.75) is 63.6 Å². The molecule has 2 bridgehead atoms. The molecular weight excluding hydrogens is 322 g/mol. The summed E-state index contributed by atoms with van der Waals surface area (Å²) < 4.78 is 27.4. The van der Waals surface area contributed by atoms with Gasteiger partial charge in [0.25, 0.3) is 0 Å². The highest BCUT2D eigenvalue weighted by Gasteiger charge is 2.49. The van der Waals surface area contributed by atoms with Gasteiger partial charge in [0.05, 0.1) is 0 Å². The number of likely N-dealkylation sites (tertiary alicyclic amines) is 1. The first-order chi connectivity index (χ1) is 12.0. The van der Waals surface area contributed by atoms with Crippen molar-refractivity contribution < 1.29 is 13.6 Å². The lowest BCUT2D eigenvalue weighted by atomic mass is 10.1. The number of halogens is 2. The first-order valence-electron chi connectivity index (χ1n) is 9.47. The van der Waals surface area contributed by atoms with Gasteiger partial charge in [-0.3, -0.25) is 9.69 Å². The summed E-state index contributed by atoms with van der Waals surface area (Å²) in [7, 11) is 0. The van der Waals surface area contributed by atoms with E-state index in [0.717, 1.165) is 32.0 Å². The molecule has 0 unspecified atom stereocenters. The Morgan fingerprint density at radius 1 is 1.16 bits per heavy atom. The van der Waals surface area contributed by atoms with Crippen molar-refractivity contribution in [3.05, 3.63) is 35.4 Å². The second-order valence-electron chi connectivity index (χ2n) is 8.09. The molecule has 1 saturated carbocycles. The van der Waals surface area contributed by atoms with Gasteiger partial charge in [-0.25, -0.2) is 8.78 Å². The van der Waals surface area contributed by atoms with E-state index in [4.69, 9.17) is 0 Å². The Hall–Kier alpha value is -1.49. The van der Waals surface area contributed by atoms with Crippen molar-refractivity contribution in [2.75, 3.05) is 13.1 Å². The Morgan fingerprint density at radius 2 is 1.92 bits per heavy atom. The fourth-order valence-corrected chi connectivity index (χ4v) is 5.01. The molecule has 1 aliphatic carbocycles. The molecule has 2 saturated heterocycles. The fourth-order valence-electron chi connectivity index (χ4n) is 5.01. The zero-order chi connectivity index (χ0) is 17.7. The zero-order valence-corrected chi connectivity index (χ0v) is 14.9. The Balaban J connectivity index is 1.45. The lowest BCUT2D eigenvalue weighted by Gasteiger charge is -2.32. The van der Waals surface area contributed by atoms with E-state index >= 15 is 0 Å². The number of hydrogen-bond donors (Lipinski definition) is 0. The number of rotatable bonds is 3. The Kier molecular flexibility index (Phi) is 4.30. The molecule has 1 amide bonds. The monoisotopic (exact) mass is 348 g/mol. The standard InChI is InChI=1S/C20H26F2N2O/c1-12(2)24-13-6-7-14(24)11-23(9-8-13)20(25)17-10-16(17)15-4-3-5-18(21)19(15)22/h3-5,12-14,16-17H,6-11H2,1-2H3/t13-,14-,16+,17+/m0/s1. The molecule has 1 aromatic rings. The Morgan fingerprint density at radius 3 is 2.68 bits per heavy atom. The molecular formula is C20H26F2N2O. The van der Waals surface area contributed by atoms with Gasteiger partial charge in [0.1, 0.15) is 0 Å². The number of carbonyl (C=O) groups excluding carboxylic acids is 1. The van der Waals surface area contributed by atoms with Gasteiger partial charge in [0.15, 0.2) is 11.6 Å².